The molecule has 0 atom stereocenters. The number of aromatic nitrogens is 1. The van der Waals surface area contributed by atoms with Crippen molar-refractivity contribution in [1.29, 1.82) is 0 Å². The summed E-state index contributed by atoms with van der Waals surface area (Å²) in [5, 5.41) is 0. The molecule has 2 nitrogen and oxygen atoms in total. The van der Waals surface area contributed by atoms with Gasteiger partial charge in [-0.2, -0.15) is 0 Å². The summed E-state index contributed by atoms with van der Waals surface area (Å²) >= 11 is 0. The maximum Gasteiger partial charge on any atom is 0.0894 e. The van der Waals surface area contributed by atoms with Crippen molar-refractivity contribution >= 4 is 6.08 Å². The van der Waals surface area contributed by atoms with Gasteiger partial charge in [-0.05, 0) is 50.0 Å². The van der Waals surface area contributed by atoms with E-state index in [4.69, 9.17) is 0 Å². The van der Waals surface area contributed by atoms with Crippen LogP contribution in [0.25, 0.3) is 6.08 Å². The molecule has 0 aliphatic rings. The second-order valence-electron chi connectivity index (χ2n) is 7.43. The minimum atomic E-state index is -0.170. The van der Waals surface area contributed by atoms with E-state index in [-0.39, 0.29) is 6.67 Å². The van der Waals surface area contributed by atoms with Gasteiger partial charge in [-0.1, -0.05) is 68.6 Å². The molecule has 1 heterocycles. The van der Waals surface area contributed by atoms with Crippen molar-refractivity contribution in [2.75, 3.05) is 20.8 Å². The number of rotatable bonds is 14. The summed E-state index contributed by atoms with van der Waals surface area (Å²) in [5.41, 5.74) is 4.53. The van der Waals surface area contributed by atoms with Crippen LogP contribution in [-0.4, -0.2) is 30.7 Å². The Labute approximate surface area is 171 Å². The quantitative estimate of drug-likeness (QED) is 0.256. The summed E-state index contributed by atoms with van der Waals surface area (Å²) in [7, 11) is 4.02. The number of likely N-dealkylation sites (N-methyl/N-ethyl adjacent to an activating group) is 1. The molecule has 0 aliphatic heterocycles. The predicted molar refractivity (Wildman–Crippen MR) is 121 cm³/mol. The lowest BCUT2D eigenvalue weighted by molar-refractivity contribution is 0.449. The van der Waals surface area contributed by atoms with E-state index in [1.807, 2.05) is 31.3 Å². The highest BCUT2D eigenvalue weighted by Crippen LogP contribution is 2.11. The molecular weight excluding hydrogens is 347 g/mol. The molecule has 0 N–H and O–H groups in total. The number of pyridine rings is 1. The zero-order valence-electron chi connectivity index (χ0n) is 18.0. The van der Waals surface area contributed by atoms with Gasteiger partial charge in [0.15, 0.2) is 0 Å². The van der Waals surface area contributed by atoms with Gasteiger partial charge >= 0.3 is 0 Å². The number of unbranched alkanes of at least 4 members (excludes halogenated alkanes) is 6. The van der Waals surface area contributed by atoms with Gasteiger partial charge < -0.3 is 4.90 Å². The minimum absolute atomic E-state index is 0.170. The first-order valence-electron chi connectivity index (χ1n) is 10.4. The van der Waals surface area contributed by atoms with Crippen molar-refractivity contribution in [3.8, 4) is 0 Å². The monoisotopic (exact) mass is 384 g/mol. The maximum absolute atomic E-state index is 12.0. The summed E-state index contributed by atoms with van der Waals surface area (Å²) in [6.07, 6.45) is 21.0. The van der Waals surface area contributed by atoms with E-state index in [2.05, 4.69) is 54.9 Å². The number of nitrogens with zero attached hydrogens (tertiary/aromatic N) is 2. The molecule has 0 aromatic carbocycles. The van der Waals surface area contributed by atoms with Crippen molar-refractivity contribution in [3.63, 3.8) is 0 Å². The van der Waals surface area contributed by atoms with Gasteiger partial charge in [0.2, 0.25) is 0 Å². The summed E-state index contributed by atoms with van der Waals surface area (Å²) in [6.45, 7) is 5.75. The predicted octanol–water partition coefficient (Wildman–Crippen LogP) is 6.92. The van der Waals surface area contributed by atoms with Crippen LogP contribution in [0.1, 0.15) is 63.1 Å². The van der Waals surface area contributed by atoms with Crippen LogP contribution >= 0.6 is 0 Å². The Morgan fingerprint density at radius 3 is 2.29 bits per heavy atom. The normalized spacial score (nSPS) is 12.6. The molecule has 28 heavy (non-hydrogen) atoms. The third-order valence-electron chi connectivity index (χ3n) is 4.70. The standard InChI is InChI=1S/C25H37FN2/c1-5-25(28(3)4)19-15-22(2)14-16-23-17-18-24(27-21-23)13-11-9-7-6-8-10-12-20-26/h5,14-19,21H,1,6-13,20H2,2-4H3/b16-14+,22-15+,25-19+. The number of hydrogen-bond donors (Lipinski definition) is 0. The third kappa shape index (κ3) is 10.9. The Balaban J connectivity index is 2.37. The van der Waals surface area contributed by atoms with Gasteiger partial charge in [-0.3, -0.25) is 9.37 Å². The van der Waals surface area contributed by atoms with Crippen molar-refractivity contribution < 1.29 is 4.39 Å². The number of hydrogen-bond acceptors (Lipinski definition) is 2. The third-order valence-corrected chi connectivity index (χ3v) is 4.70. The summed E-state index contributed by atoms with van der Waals surface area (Å²) in [6, 6.07) is 4.26. The molecule has 0 aliphatic carbocycles. The first kappa shape index (κ1) is 23.9. The molecule has 0 spiro atoms. The molecule has 0 amide bonds. The van der Waals surface area contributed by atoms with Crippen molar-refractivity contribution in [2.45, 2.75) is 58.3 Å². The molecule has 3 heteroatoms. The summed E-state index contributed by atoms with van der Waals surface area (Å²) < 4.78 is 12.0. The Kier molecular flexibility index (Phi) is 12.7. The highest BCUT2D eigenvalue weighted by molar-refractivity contribution is 5.52. The zero-order chi connectivity index (χ0) is 20.6. The van der Waals surface area contributed by atoms with Crippen LogP contribution < -0.4 is 0 Å². The number of halogens is 1. The molecule has 154 valence electrons. The van der Waals surface area contributed by atoms with Gasteiger partial charge in [0.25, 0.3) is 0 Å². The van der Waals surface area contributed by atoms with E-state index in [1.54, 1.807) is 0 Å². The molecule has 0 bridgehead atoms. The molecule has 1 aromatic heterocycles. The minimum Gasteiger partial charge on any atom is -0.378 e. The molecule has 0 fully saturated rings. The molecule has 1 aromatic rings. The van der Waals surface area contributed by atoms with Gasteiger partial charge in [0.05, 0.1) is 6.67 Å². The number of allylic oxidation sites excluding steroid dienone is 5. The number of aryl methyl sites for hydroxylation is 1. The highest BCUT2D eigenvalue weighted by atomic mass is 19.1. The van der Waals surface area contributed by atoms with Crippen LogP contribution in [0.3, 0.4) is 0 Å². The average Bonchev–Trinajstić information content (AvgIpc) is 2.69. The Bertz CT molecular complexity index is 639. The lowest BCUT2D eigenvalue weighted by atomic mass is 10.1. The summed E-state index contributed by atoms with van der Waals surface area (Å²) in [5.74, 6) is 0. The van der Waals surface area contributed by atoms with Crippen LogP contribution in [0.15, 0.2) is 60.5 Å². The Morgan fingerprint density at radius 2 is 1.71 bits per heavy atom. The van der Waals surface area contributed by atoms with Crippen molar-refractivity contribution in [2.24, 2.45) is 0 Å². The maximum atomic E-state index is 12.0. The van der Waals surface area contributed by atoms with E-state index >= 15 is 0 Å². The highest BCUT2D eigenvalue weighted by Gasteiger charge is 1.97. The van der Waals surface area contributed by atoms with Crippen LogP contribution in [0.5, 0.6) is 0 Å². The van der Waals surface area contributed by atoms with Crippen LogP contribution in [0, 0.1) is 0 Å². The van der Waals surface area contributed by atoms with E-state index < -0.39 is 0 Å². The van der Waals surface area contributed by atoms with Gasteiger partial charge in [0.1, 0.15) is 0 Å². The lowest BCUT2D eigenvalue weighted by Gasteiger charge is -2.12. The zero-order valence-corrected chi connectivity index (χ0v) is 18.0. The average molecular weight is 385 g/mol. The molecule has 0 saturated heterocycles. The fraction of sp³-hybridized carbons (Fsp3) is 0.480. The molecule has 0 unspecified atom stereocenters. The van der Waals surface area contributed by atoms with Crippen LogP contribution in [0.4, 0.5) is 4.39 Å². The second kappa shape index (κ2) is 14.8. The van der Waals surface area contributed by atoms with Gasteiger partial charge in [-0.25, -0.2) is 0 Å². The second-order valence-corrected chi connectivity index (χ2v) is 7.43. The van der Waals surface area contributed by atoms with Crippen molar-refractivity contribution in [1.82, 2.24) is 9.88 Å². The first-order valence-corrected chi connectivity index (χ1v) is 10.4. The largest absolute Gasteiger partial charge is 0.378 e. The fourth-order valence-electron chi connectivity index (χ4n) is 2.87. The van der Waals surface area contributed by atoms with E-state index in [9.17, 15) is 4.39 Å². The fourth-order valence-corrected chi connectivity index (χ4v) is 2.87. The topological polar surface area (TPSA) is 16.1 Å². The lowest BCUT2D eigenvalue weighted by Crippen LogP contribution is -2.08. The van der Waals surface area contributed by atoms with Gasteiger partial charge in [-0.15, -0.1) is 0 Å². The van der Waals surface area contributed by atoms with Crippen LogP contribution in [0.2, 0.25) is 0 Å². The van der Waals surface area contributed by atoms with E-state index in [0.29, 0.717) is 0 Å². The van der Waals surface area contributed by atoms with Gasteiger partial charge in [0, 0.05) is 31.7 Å². The smallest absolute Gasteiger partial charge is 0.0894 e. The van der Waals surface area contributed by atoms with E-state index in [1.165, 1.54) is 31.3 Å². The Morgan fingerprint density at radius 1 is 1.04 bits per heavy atom. The molecular formula is C25H37FN2. The number of alkyl halides is 1. The first-order chi connectivity index (χ1) is 13.6. The Hall–Kier alpha value is -2.16. The van der Waals surface area contributed by atoms with Crippen molar-refractivity contribution in [3.05, 3.63) is 71.7 Å². The summed E-state index contributed by atoms with van der Waals surface area (Å²) in [4.78, 5) is 6.62. The molecule has 0 saturated carbocycles. The molecule has 1 rings (SSSR count). The van der Waals surface area contributed by atoms with Crippen LogP contribution in [-0.2, 0) is 6.42 Å². The SMILES string of the molecule is C=C\C(=C/C=C(C)/C=C/c1ccc(CCCCCCCCCF)nc1)N(C)C. The van der Waals surface area contributed by atoms with E-state index in [0.717, 1.165) is 42.6 Å². The molecule has 0 radical (unpaired) electrons.